The van der Waals surface area contributed by atoms with Crippen LogP contribution in [0.3, 0.4) is 0 Å². The summed E-state index contributed by atoms with van der Waals surface area (Å²) in [5.74, 6) is 0.431. The van der Waals surface area contributed by atoms with Crippen molar-refractivity contribution in [3.63, 3.8) is 0 Å². The number of ether oxygens (including phenoxy) is 1. The van der Waals surface area contributed by atoms with Crippen LogP contribution in [0.2, 0.25) is 0 Å². The van der Waals surface area contributed by atoms with E-state index in [9.17, 15) is 9.59 Å². The second-order valence-corrected chi connectivity index (χ2v) is 5.54. The zero-order valence-corrected chi connectivity index (χ0v) is 13.9. The number of carboxylic acid groups (broad SMARTS) is 1. The summed E-state index contributed by atoms with van der Waals surface area (Å²) >= 11 is 0. The minimum Gasteiger partial charge on any atom is -0.484 e. The third kappa shape index (κ3) is 7.39. The van der Waals surface area contributed by atoms with Crippen LogP contribution in [0.1, 0.15) is 18.4 Å². The highest BCUT2D eigenvalue weighted by Crippen LogP contribution is 2.14. The largest absolute Gasteiger partial charge is 0.484 e. The van der Waals surface area contributed by atoms with Gasteiger partial charge in [-0.15, -0.1) is 0 Å². The third-order valence-electron chi connectivity index (χ3n) is 3.52. The van der Waals surface area contributed by atoms with Crippen molar-refractivity contribution in [2.75, 3.05) is 18.5 Å². The summed E-state index contributed by atoms with van der Waals surface area (Å²) in [7, 11) is 0. The number of hydrogen-bond donors (Lipinski definition) is 3. The normalized spacial score (nSPS) is 10.1. The highest BCUT2D eigenvalue weighted by atomic mass is 16.5. The second kappa shape index (κ2) is 9.97. The van der Waals surface area contributed by atoms with E-state index < -0.39 is 6.09 Å². The van der Waals surface area contributed by atoms with Gasteiger partial charge in [0, 0.05) is 12.2 Å². The molecule has 0 unspecified atom stereocenters. The standard InChI is InChI=1S/C19H22N2O4/c22-18(21-16-7-2-1-3-8-16)14-25-17-11-9-15(10-12-17)6-4-5-13-20-19(23)24/h1-3,7-12,20H,4-6,13-14H2,(H,21,22)(H,23,24). The van der Waals surface area contributed by atoms with Crippen molar-refractivity contribution in [2.45, 2.75) is 19.3 Å². The van der Waals surface area contributed by atoms with Gasteiger partial charge in [0.25, 0.3) is 5.91 Å². The quantitative estimate of drug-likeness (QED) is 0.610. The van der Waals surface area contributed by atoms with Crippen molar-refractivity contribution in [2.24, 2.45) is 0 Å². The molecular weight excluding hydrogens is 320 g/mol. The molecule has 0 aliphatic heterocycles. The Balaban J connectivity index is 1.67. The summed E-state index contributed by atoms with van der Waals surface area (Å²) in [5.41, 5.74) is 1.89. The molecule has 2 amide bonds. The van der Waals surface area contributed by atoms with E-state index in [1.165, 1.54) is 0 Å². The first-order valence-electron chi connectivity index (χ1n) is 8.17. The highest BCUT2D eigenvalue weighted by molar-refractivity contribution is 5.91. The summed E-state index contributed by atoms with van der Waals surface area (Å²) in [6.07, 6.45) is 1.58. The van der Waals surface area contributed by atoms with Gasteiger partial charge in [0.1, 0.15) is 5.75 Å². The molecule has 0 saturated carbocycles. The van der Waals surface area contributed by atoms with Crippen LogP contribution in [-0.2, 0) is 11.2 Å². The van der Waals surface area contributed by atoms with Crippen LogP contribution >= 0.6 is 0 Å². The van der Waals surface area contributed by atoms with Crippen LogP contribution in [0.5, 0.6) is 5.75 Å². The fourth-order valence-electron chi connectivity index (χ4n) is 2.27. The molecule has 0 aliphatic carbocycles. The first-order valence-corrected chi connectivity index (χ1v) is 8.17. The topological polar surface area (TPSA) is 87.7 Å². The maximum atomic E-state index is 11.8. The number of carbonyl (C=O) groups excluding carboxylic acids is 1. The molecule has 3 N–H and O–H groups in total. The molecule has 25 heavy (non-hydrogen) atoms. The van der Waals surface area contributed by atoms with E-state index in [4.69, 9.17) is 9.84 Å². The third-order valence-corrected chi connectivity index (χ3v) is 3.52. The minimum absolute atomic E-state index is 0.0465. The molecule has 0 radical (unpaired) electrons. The molecule has 0 saturated heterocycles. The van der Waals surface area contributed by atoms with Crippen LogP contribution < -0.4 is 15.4 Å². The molecule has 0 aliphatic rings. The van der Waals surface area contributed by atoms with Crippen molar-refractivity contribution in [3.05, 3.63) is 60.2 Å². The average Bonchev–Trinajstić information content (AvgIpc) is 2.61. The first kappa shape index (κ1) is 18.3. The molecule has 2 aromatic rings. The van der Waals surface area contributed by atoms with Crippen molar-refractivity contribution >= 4 is 17.7 Å². The fourth-order valence-corrected chi connectivity index (χ4v) is 2.27. The lowest BCUT2D eigenvalue weighted by molar-refractivity contribution is -0.118. The van der Waals surface area contributed by atoms with Crippen LogP contribution in [0, 0.1) is 0 Å². The summed E-state index contributed by atoms with van der Waals surface area (Å²) in [5, 5.41) is 13.6. The van der Waals surface area contributed by atoms with E-state index in [2.05, 4.69) is 10.6 Å². The van der Waals surface area contributed by atoms with Gasteiger partial charge in [-0.3, -0.25) is 4.79 Å². The predicted molar refractivity (Wildman–Crippen MR) is 96.0 cm³/mol. The van der Waals surface area contributed by atoms with Crippen LogP contribution in [0.25, 0.3) is 0 Å². The van der Waals surface area contributed by atoms with Crippen molar-refractivity contribution in [1.29, 1.82) is 0 Å². The lowest BCUT2D eigenvalue weighted by atomic mass is 10.1. The monoisotopic (exact) mass is 342 g/mol. The number of rotatable bonds is 9. The highest BCUT2D eigenvalue weighted by Gasteiger charge is 2.03. The lowest BCUT2D eigenvalue weighted by Gasteiger charge is -2.08. The van der Waals surface area contributed by atoms with E-state index in [1.807, 2.05) is 54.6 Å². The van der Waals surface area contributed by atoms with Gasteiger partial charge in [0.15, 0.2) is 6.61 Å². The second-order valence-electron chi connectivity index (χ2n) is 5.54. The lowest BCUT2D eigenvalue weighted by Crippen LogP contribution is -2.21. The number of carbonyl (C=O) groups is 2. The number of unbranched alkanes of at least 4 members (excludes halogenated alkanes) is 1. The zero-order chi connectivity index (χ0) is 17.9. The molecule has 0 atom stereocenters. The smallest absolute Gasteiger partial charge is 0.404 e. The van der Waals surface area contributed by atoms with E-state index >= 15 is 0 Å². The molecule has 0 aromatic heterocycles. The van der Waals surface area contributed by atoms with Gasteiger partial charge >= 0.3 is 6.09 Å². The molecule has 0 fully saturated rings. The average molecular weight is 342 g/mol. The Bertz CT molecular complexity index is 672. The Labute approximate surface area is 146 Å². The first-order chi connectivity index (χ1) is 12.1. The molecular formula is C19H22N2O4. The number of nitrogens with one attached hydrogen (secondary N) is 2. The SMILES string of the molecule is O=C(O)NCCCCc1ccc(OCC(=O)Nc2ccccc2)cc1. The van der Waals surface area contributed by atoms with E-state index in [-0.39, 0.29) is 12.5 Å². The van der Waals surface area contributed by atoms with Crippen LogP contribution in [0.15, 0.2) is 54.6 Å². The van der Waals surface area contributed by atoms with Crippen LogP contribution in [0.4, 0.5) is 10.5 Å². The Morgan fingerprint density at radius 1 is 0.960 bits per heavy atom. The molecule has 0 bridgehead atoms. The van der Waals surface area contributed by atoms with Crippen molar-refractivity contribution in [3.8, 4) is 5.75 Å². The van der Waals surface area contributed by atoms with Gasteiger partial charge in [-0.25, -0.2) is 4.79 Å². The number of amides is 2. The molecule has 2 rings (SSSR count). The Hall–Kier alpha value is -3.02. The minimum atomic E-state index is -0.988. The van der Waals surface area contributed by atoms with Gasteiger partial charge in [0.2, 0.25) is 0 Å². The number of aryl methyl sites for hydroxylation is 1. The van der Waals surface area contributed by atoms with E-state index in [0.29, 0.717) is 12.3 Å². The Morgan fingerprint density at radius 3 is 2.36 bits per heavy atom. The summed E-state index contributed by atoms with van der Waals surface area (Å²) < 4.78 is 5.48. The Morgan fingerprint density at radius 2 is 1.68 bits per heavy atom. The molecule has 0 spiro atoms. The Kier molecular flexibility index (Phi) is 7.31. The molecule has 2 aromatic carbocycles. The summed E-state index contributed by atoms with van der Waals surface area (Å²) in [6, 6.07) is 16.8. The summed E-state index contributed by atoms with van der Waals surface area (Å²) in [4.78, 5) is 22.1. The number of hydrogen-bond acceptors (Lipinski definition) is 3. The van der Waals surface area contributed by atoms with Crippen molar-refractivity contribution < 1.29 is 19.4 Å². The molecule has 132 valence electrons. The fraction of sp³-hybridized carbons (Fsp3) is 0.263. The van der Waals surface area contributed by atoms with Crippen molar-refractivity contribution in [1.82, 2.24) is 5.32 Å². The van der Waals surface area contributed by atoms with Gasteiger partial charge in [0.05, 0.1) is 0 Å². The number of anilines is 1. The van der Waals surface area contributed by atoms with E-state index in [0.717, 1.165) is 30.5 Å². The zero-order valence-electron chi connectivity index (χ0n) is 13.9. The maximum Gasteiger partial charge on any atom is 0.404 e. The number of benzene rings is 2. The van der Waals surface area contributed by atoms with Gasteiger partial charge in [-0.05, 0) is 49.1 Å². The summed E-state index contributed by atoms with van der Waals surface area (Å²) in [6.45, 7) is 0.419. The van der Waals surface area contributed by atoms with E-state index in [1.54, 1.807) is 0 Å². The number of para-hydroxylation sites is 1. The maximum absolute atomic E-state index is 11.8. The van der Waals surface area contributed by atoms with Gasteiger partial charge in [-0.2, -0.15) is 0 Å². The molecule has 6 heteroatoms. The predicted octanol–water partition coefficient (Wildman–Crippen LogP) is 3.29. The van der Waals surface area contributed by atoms with Gasteiger partial charge in [-0.1, -0.05) is 30.3 Å². The van der Waals surface area contributed by atoms with Crippen LogP contribution in [-0.4, -0.2) is 30.3 Å². The molecule has 6 nitrogen and oxygen atoms in total. The van der Waals surface area contributed by atoms with Gasteiger partial charge < -0.3 is 20.5 Å². The molecule has 0 heterocycles.